The lowest BCUT2D eigenvalue weighted by molar-refractivity contribution is -0.0511. The normalized spacial score (nSPS) is 34.0. The molecule has 0 atom stereocenters. The molecule has 0 heterocycles. The number of halogens is 1. The molecule has 4 saturated carbocycles. The van der Waals surface area contributed by atoms with Crippen molar-refractivity contribution >= 4 is 0 Å². The second kappa shape index (κ2) is 7.13. The summed E-state index contributed by atoms with van der Waals surface area (Å²) in [7, 11) is 0. The van der Waals surface area contributed by atoms with Crippen LogP contribution >= 0.6 is 0 Å². The highest BCUT2D eigenvalue weighted by atomic mass is 19.1. The quantitative estimate of drug-likeness (QED) is 0.709. The molecule has 0 amide bonds. The molecule has 1 aromatic carbocycles. The zero-order chi connectivity index (χ0) is 16.4. The van der Waals surface area contributed by atoms with Crippen molar-refractivity contribution in [3.63, 3.8) is 0 Å². The Balaban J connectivity index is 1.13. The van der Waals surface area contributed by atoms with Crippen LogP contribution < -0.4 is 10.6 Å². The number of nitrogens with one attached hydrogen (secondary N) is 2. The number of hydrogen-bond donors (Lipinski definition) is 2. The third-order valence-corrected chi connectivity index (χ3v) is 6.67. The van der Waals surface area contributed by atoms with Crippen LogP contribution in [0.15, 0.2) is 24.3 Å². The van der Waals surface area contributed by atoms with Gasteiger partial charge in [0.2, 0.25) is 0 Å². The van der Waals surface area contributed by atoms with Crippen molar-refractivity contribution in [3.8, 4) is 0 Å². The van der Waals surface area contributed by atoms with Gasteiger partial charge in [0, 0.05) is 19.6 Å². The van der Waals surface area contributed by atoms with Crippen LogP contribution in [0.2, 0.25) is 0 Å². The fourth-order valence-electron chi connectivity index (χ4n) is 6.09. The summed E-state index contributed by atoms with van der Waals surface area (Å²) in [5.41, 5.74) is 1.44. The van der Waals surface area contributed by atoms with Crippen molar-refractivity contribution in [2.24, 2.45) is 23.2 Å². The van der Waals surface area contributed by atoms with E-state index in [0.717, 1.165) is 49.4 Å². The van der Waals surface area contributed by atoms with Crippen LogP contribution in [0, 0.1) is 29.0 Å². The largest absolute Gasteiger partial charge is 0.315 e. The minimum absolute atomic E-state index is 0.0840. The van der Waals surface area contributed by atoms with E-state index in [2.05, 4.69) is 10.6 Å². The fraction of sp³-hybridized carbons (Fsp3) is 0.714. The van der Waals surface area contributed by atoms with Crippen molar-refractivity contribution in [1.29, 1.82) is 0 Å². The lowest BCUT2D eigenvalue weighted by Gasteiger charge is -2.57. The van der Waals surface area contributed by atoms with E-state index >= 15 is 0 Å². The predicted molar refractivity (Wildman–Crippen MR) is 96.4 cm³/mol. The van der Waals surface area contributed by atoms with Gasteiger partial charge in [0.05, 0.1) is 0 Å². The second-order valence-corrected chi connectivity index (χ2v) is 8.69. The molecule has 24 heavy (non-hydrogen) atoms. The summed E-state index contributed by atoms with van der Waals surface area (Å²) in [6, 6.07) is 7.08. The van der Waals surface area contributed by atoms with E-state index in [0.29, 0.717) is 5.41 Å². The zero-order valence-electron chi connectivity index (χ0n) is 14.7. The van der Waals surface area contributed by atoms with Gasteiger partial charge in [0.1, 0.15) is 5.82 Å². The van der Waals surface area contributed by atoms with Crippen LogP contribution in [0.5, 0.6) is 0 Å². The number of hydrogen-bond acceptors (Lipinski definition) is 2. The molecular weight excluding hydrogens is 299 g/mol. The highest BCUT2D eigenvalue weighted by Crippen LogP contribution is 2.59. The van der Waals surface area contributed by atoms with E-state index in [4.69, 9.17) is 0 Å². The van der Waals surface area contributed by atoms with Gasteiger partial charge in [-0.1, -0.05) is 18.2 Å². The predicted octanol–water partition coefficient (Wildman–Crippen LogP) is 3.76. The Labute approximate surface area is 145 Å². The molecule has 0 spiro atoms. The summed E-state index contributed by atoms with van der Waals surface area (Å²) in [6.45, 7) is 4.06. The third-order valence-electron chi connectivity index (χ3n) is 6.67. The highest BCUT2D eigenvalue weighted by Gasteiger charge is 2.50. The molecule has 0 saturated heterocycles. The summed E-state index contributed by atoms with van der Waals surface area (Å²) < 4.78 is 13.5. The first-order valence-electron chi connectivity index (χ1n) is 9.87. The van der Waals surface area contributed by atoms with Crippen LogP contribution in [0.25, 0.3) is 0 Å². The average Bonchev–Trinajstić information content (AvgIpc) is 2.54. The van der Waals surface area contributed by atoms with E-state index in [9.17, 15) is 4.39 Å². The standard InChI is InChI=1S/C21H31FN2/c22-20-4-2-1-3-19(20)5-6-23-7-8-24-15-21-12-16-9-17(13-21)11-18(10-16)14-21/h1-4,16-18,23-24H,5-15H2. The van der Waals surface area contributed by atoms with E-state index in [-0.39, 0.29) is 5.82 Å². The first-order chi connectivity index (χ1) is 11.7. The summed E-state index contributed by atoms with van der Waals surface area (Å²) >= 11 is 0. The van der Waals surface area contributed by atoms with Crippen LogP contribution in [-0.2, 0) is 6.42 Å². The van der Waals surface area contributed by atoms with Crippen LogP contribution in [0.1, 0.15) is 44.1 Å². The van der Waals surface area contributed by atoms with Crippen molar-refractivity contribution in [3.05, 3.63) is 35.6 Å². The molecule has 4 aliphatic rings. The van der Waals surface area contributed by atoms with Gasteiger partial charge in [0.15, 0.2) is 0 Å². The number of rotatable bonds is 8. The maximum absolute atomic E-state index is 13.5. The van der Waals surface area contributed by atoms with Crippen LogP contribution in [0.4, 0.5) is 4.39 Å². The Kier molecular flexibility index (Phi) is 4.91. The van der Waals surface area contributed by atoms with Gasteiger partial charge in [-0.25, -0.2) is 4.39 Å². The highest BCUT2D eigenvalue weighted by molar-refractivity contribution is 5.17. The lowest BCUT2D eigenvalue weighted by atomic mass is 9.49. The Morgan fingerprint density at radius 1 is 0.875 bits per heavy atom. The first-order valence-corrected chi connectivity index (χ1v) is 9.87. The Morgan fingerprint density at radius 3 is 2.17 bits per heavy atom. The van der Waals surface area contributed by atoms with Crippen molar-refractivity contribution in [2.45, 2.75) is 44.9 Å². The van der Waals surface area contributed by atoms with Crippen LogP contribution in [0.3, 0.4) is 0 Å². The third kappa shape index (κ3) is 3.67. The minimum atomic E-state index is -0.0840. The molecule has 4 aliphatic carbocycles. The van der Waals surface area contributed by atoms with Gasteiger partial charge in [-0.3, -0.25) is 0 Å². The summed E-state index contributed by atoms with van der Waals surface area (Å²) in [5, 5.41) is 7.16. The van der Waals surface area contributed by atoms with E-state index in [1.165, 1.54) is 45.1 Å². The molecule has 0 aromatic heterocycles. The van der Waals surface area contributed by atoms with E-state index < -0.39 is 0 Å². The molecular formula is C21H31FN2. The summed E-state index contributed by atoms with van der Waals surface area (Å²) in [5.74, 6) is 3.03. The Bertz CT molecular complexity index is 521. The SMILES string of the molecule is Fc1ccccc1CCNCCNCC12CC3CC(CC(C3)C1)C2. The lowest BCUT2D eigenvalue weighted by Crippen LogP contribution is -2.50. The van der Waals surface area contributed by atoms with Gasteiger partial charge in [-0.15, -0.1) is 0 Å². The van der Waals surface area contributed by atoms with Gasteiger partial charge in [-0.05, 0) is 86.3 Å². The fourth-order valence-corrected chi connectivity index (χ4v) is 6.09. The molecule has 3 heteroatoms. The zero-order valence-corrected chi connectivity index (χ0v) is 14.7. The van der Waals surface area contributed by atoms with Gasteiger partial charge >= 0.3 is 0 Å². The van der Waals surface area contributed by atoms with Crippen molar-refractivity contribution in [1.82, 2.24) is 10.6 Å². The Hall–Kier alpha value is -0.930. The topological polar surface area (TPSA) is 24.1 Å². The molecule has 1 aromatic rings. The molecule has 4 fully saturated rings. The molecule has 2 N–H and O–H groups in total. The summed E-state index contributed by atoms with van der Waals surface area (Å²) in [6.07, 6.45) is 9.78. The van der Waals surface area contributed by atoms with Gasteiger partial charge in [0.25, 0.3) is 0 Å². The smallest absolute Gasteiger partial charge is 0.126 e. The molecule has 0 radical (unpaired) electrons. The molecule has 0 aliphatic heterocycles. The molecule has 4 bridgehead atoms. The minimum Gasteiger partial charge on any atom is -0.315 e. The van der Waals surface area contributed by atoms with Gasteiger partial charge < -0.3 is 10.6 Å². The van der Waals surface area contributed by atoms with Crippen LogP contribution in [-0.4, -0.2) is 26.2 Å². The average molecular weight is 330 g/mol. The molecule has 132 valence electrons. The monoisotopic (exact) mass is 330 g/mol. The number of benzene rings is 1. The maximum atomic E-state index is 13.5. The Morgan fingerprint density at radius 2 is 1.50 bits per heavy atom. The molecule has 0 unspecified atom stereocenters. The maximum Gasteiger partial charge on any atom is 0.126 e. The second-order valence-electron chi connectivity index (χ2n) is 8.69. The molecule has 5 rings (SSSR count). The van der Waals surface area contributed by atoms with E-state index in [1.54, 1.807) is 12.1 Å². The molecule has 2 nitrogen and oxygen atoms in total. The van der Waals surface area contributed by atoms with Gasteiger partial charge in [-0.2, -0.15) is 0 Å². The van der Waals surface area contributed by atoms with Crippen molar-refractivity contribution in [2.75, 3.05) is 26.2 Å². The summed E-state index contributed by atoms with van der Waals surface area (Å²) in [4.78, 5) is 0. The first kappa shape index (κ1) is 16.5. The van der Waals surface area contributed by atoms with Crippen molar-refractivity contribution < 1.29 is 4.39 Å². The van der Waals surface area contributed by atoms with E-state index in [1.807, 2.05) is 12.1 Å².